The van der Waals surface area contributed by atoms with Gasteiger partial charge in [0.15, 0.2) is 6.54 Å². The Labute approximate surface area is 144 Å². The fraction of sp³-hybridized carbons (Fsp3) is 0.579. The number of benzene rings is 1. The number of rotatable bonds is 8. The van der Waals surface area contributed by atoms with Gasteiger partial charge in [-0.2, -0.15) is 0 Å². The highest BCUT2D eigenvalue weighted by Crippen LogP contribution is 2.19. The number of hydrogen-bond donors (Lipinski definition) is 2. The third kappa shape index (κ3) is 4.81. The Bertz CT molecular complexity index is 554. The molecule has 1 heterocycles. The standard InChI is InChI=1S/C19H29N3O2/c1-4-5-6-15-7-9-16(10-8-15)18(14(2)3)21-13-17(23)22-12-11-20-19(22)24/h7-10,14,18,21H,4-6,11-13H2,1-3H3,(H,20,24)/p+1/t18-/m0/s1. The predicted molar refractivity (Wildman–Crippen MR) is 94.5 cm³/mol. The summed E-state index contributed by atoms with van der Waals surface area (Å²) in [5.74, 6) is 0.293. The van der Waals surface area contributed by atoms with Crippen LogP contribution in [0, 0.1) is 5.92 Å². The summed E-state index contributed by atoms with van der Waals surface area (Å²) in [6.45, 7) is 7.86. The number of nitrogens with two attached hydrogens (primary N) is 1. The zero-order valence-electron chi connectivity index (χ0n) is 15.0. The Morgan fingerprint density at radius 3 is 2.54 bits per heavy atom. The molecule has 1 aliphatic rings. The molecule has 1 aliphatic heterocycles. The highest BCUT2D eigenvalue weighted by Gasteiger charge is 2.28. The zero-order valence-corrected chi connectivity index (χ0v) is 15.0. The number of nitrogens with one attached hydrogen (secondary N) is 1. The molecule has 132 valence electrons. The van der Waals surface area contributed by atoms with E-state index in [9.17, 15) is 9.59 Å². The van der Waals surface area contributed by atoms with Crippen molar-refractivity contribution in [2.75, 3.05) is 19.6 Å². The van der Waals surface area contributed by atoms with Crippen molar-refractivity contribution in [3.05, 3.63) is 35.4 Å². The third-order valence-corrected chi connectivity index (χ3v) is 4.61. The van der Waals surface area contributed by atoms with Crippen LogP contribution in [0.15, 0.2) is 24.3 Å². The molecule has 2 rings (SSSR count). The maximum atomic E-state index is 12.2. The molecule has 24 heavy (non-hydrogen) atoms. The Morgan fingerprint density at radius 2 is 2.00 bits per heavy atom. The largest absolute Gasteiger partial charge is 0.336 e. The maximum absolute atomic E-state index is 12.2. The van der Waals surface area contributed by atoms with Gasteiger partial charge < -0.3 is 10.6 Å². The molecule has 3 N–H and O–H groups in total. The van der Waals surface area contributed by atoms with Crippen molar-refractivity contribution >= 4 is 11.9 Å². The highest BCUT2D eigenvalue weighted by atomic mass is 16.2. The molecule has 0 aliphatic carbocycles. The van der Waals surface area contributed by atoms with E-state index in [0.717, 1.165) is 6.42 Å². The smallest absolute Gasteiger partial charge is 0.324 e. The summed E-state index contributed by atoms with van der Waals surface area (Å²) >= 11 is 0. The molecule has 1 aromatic carbocycles. The number of nitrogens with zero attached hydrogens (tertiary/aromatic N) is 1. The number of carbonyl (C=O) groups is 2. The molecule has 5 heteroatoms. The van der Waals surface area contributed by atoms with Crippen LogP contribution in [0.1, 0.15) is 50.8 Å². The second-order valence-electron chi connectivity index (χ2n) is 6.83. The lowest BCUT2D eigenvalue weighted by molar-refractivity contribution is -0.692. The Kier molecular flexibility index (Phi) is 6.79. The molecule has 0 radical (unpaired) electrons. The first-order valence-corrected chi connectivity index (χ1v) is 9.03. The second kappa shape index (κ2) is 8.83. The van der Waals surface area contributed by atoms with Gasteiger partial charge in [0.25, 0.3) is 5.91 Å². The van der Waals surface area contributed by atoms with Gasteiger partial charge in [0, 0.05) is 24.6 Å². The predicted octanol–water partition coefficient (Wildman–Crippen LogP) is 1.84. The van der Waals surface area contributed by atoms with Crippen LogP contribution in [0.2, 0.25) is 0 Å². The van der Waals surface area contributed by atoms with Gasteiger partial charge in [-0.1, -0.05) is 51.5 Å². The van der Waals surface area contributed by atoms with Crippen molar-refractivity contribution in [3.8, 4) is 0 Å². The molecule has 0 unspecified atom stereocenters. The van der Waals surface area contributed by atoms with E-state index in [4.69, 9.17) is 0 Å². The molecule has 0 bridgehead atoms. The van der Waals surface area contributed by atoms with Crippen LogP contribution in [-0.4, -0.2) is 36.5 Å². The first-order valence-electron chi connectivity index (χ1n) is 9.03. The summed E-state index contributed by atoms with van der Waals surface area (Å²) in [6.07, 6.45) is 3.54. The fourth-order valence-electron chi connectivity index (χ4n) is 3.13. The van der Waals surface area contributed by atoms with Gasteiger partial charge in [-0.15, -0.1) is 0 Å². The molecule has 0 saturated carbocycles. The van der Waals surface area contributed by atoms with E-state index in [0.29, 0.717) is 25.6 Å². The molecule has 1 fully saturated rings. The van der Waals surface area contributed by atoms with E-state index in [-0.39, 0.29) is 18.0 Å². The van der Waals surface area contributed by atoms with Crippen LogP contribution in [0.4, 0.5) is 4.79 Å². The summed E-state index contributed by atoms with van der Waals surface area (Å²) in [6, 6.07) is 8.71. The molecule has 1 aromatic rings. The lowest BCUT2D eigenvalue weighted by Crippen LogP contribution is -2.88. The van der Waals surface area contributed by atoms with Crippen molar-refractivity contribution in [2.24, 2.45) is 5.92 Å². The average Bonchev–Trinajstić information content (AvgIpc) is 3.00. The Hall–Kier alpha value is -1.88. The van der Waals surface area contributed by atoms with Crippen LogP contribution >= 0.6 is 0 Å². The lowest BCUT2D eigenvalue weighted by Gasteiger charge is -2.21. The number of urea groups is 1. The van der Waals surface area contributed by atoms with Crippen LogP contribution in [-0.2, 0) is 11.2 Å². The van der Waals surface area contributed by atoms with Gasteiger partial charge >= 0.3 is 6.03 Å². The van der Waals surface area contributed by atoms with Crippen molar-refractivity contribution in [3.63, 3.8) is 0 Å². The van der Waals surface area contributed by atoms with E-state index in [1.165, 1.54) is 28.9 Å². The monoisotopic (exact) mass is 332 g/mol. The minimum Gasteiger partial charge on any atom is -0.336 e. The van der Waals surface area contributed by atoms with Gasteiger partial charge in [0.05, 0.1) is 0 Å². The van der Waals surface area contributed by atoms with Gasteiger partial charge in [0.2, 0.25) is 0 Å². The lowest BCUT2D eigenvalue weighted by atomic mass is 9.94. The second-order valence-corrected chi connectivity index (χ2v) is 6.83. The number of unbranched alkanes of at least 4 members (excludes halogenated alkanes) is 1. The number of carbonyl (C=O) groups excluding carboxylic acids is 2. The maximum Gasteiger partial charge on any atom is 0.324 e. The van der Waals surface area contributed by atoms with Crippen molar-refractivity contribution in [1.29, 1.82) is 0 Å². The third-order valence-electron chi connectivity index (χ3n) is 4.61. The molecule has 0 aromatic heterocycles. The number of quaternary nitrogens is 1. The fourth-order valence-corrected chi connectivity index (χ4v) is 3.13. The van der Waals surface area contributed by atoms with E-state index in [1.807, 2.05) is 0 Å². The molecule has 0 spiro atoms. The number of hydrogen-bond acceptors (Lipinski definition) is 2. The number of imide groups is 1. The molecule has 5 nitrogen and oxygen atoms in total. The summed E-state index contributed by atoms with van der Waals surface area (Å²) in [7, 11) is 0. The van der Waals surface area contributed by atoms with Crippen LogP contribution in [0.3, 0.4) is 0 Å². The van der Waals surface area contributed by atoms with Crippen LogP contribution < -0.4 is 10.6 Å². The topological polar surface area (TPSA) is 66.0 Å². The molecule has 3 amide bonds. The van der Waals surface area contributed by atoms with Crippen molar-refractivity contribution in [2.45, 2.75) is 46.1 Å². The van der Waals surface area contributed by atoms with Gasteiger partial charge in [-0.05, 0) is 18.4 Å². The minimum absolute atomic E-state index is 0.116. The first-order chi connectivity index (χ1) is 11.5. The SMILES string of the molecule is CCCCc1ccc([C@@H]([NH2+]CC(=O)N2CCNC2=O)C(C)C)cc1. The van der Waals surface area contributed by atoms with Crippen LogP contribution in [0.5, 0.6) is 0 Å². The summed E-state index contributed by atoms with van der Waals surface area (Å²) < 4.78 is 0. The van der Waals surface area contributed by atoms with Gasteiger partial charge in [-0.3, -0.25) is 9.69 Å². The highest BCUT2D eigenvalue weighted by molar-refractivity contribution is 5.96. The Morgan fingerprint density at radius 1 is 1.29 bits per heavy atom. The van der Waals surface area contributed by atoms with E-state index < -0.39 is 0 Å². The van der Waals surface area contributed by atoms with E-state index in [2.05, 4.69) is 55.7 Å². The average molecular weight is 332 g/mol. The molecule has 1 saturated heterocycles. The summed E-state index contributed by atoms with van der Waals surface area (Å²) in [5.41, 5.74) is 2.61. The van der Waals surface area contributed by atoms with Crippen molar-refractivity contribution in [1.82, 2.24) is 10.2 Å². The van der Waals surface area contributed by atoms with E-state index in [1.54, 1.807) is 0 Å². The number of amides is 3. The summed E-state index contributed by atoms with van der Waals surface area (Å²) in [5, 5.41) is 4.72. The molecule has 1 atom stereocenters. The van der Waals surface area contributed by atoms with Gasteiger partial charge in [-0.25, -0.2) is 4.79 Å². The van der Waals surface area contributed by atoms with Gasteiger partial charge in [0.1, 0.15) is 6.04 Å². The molecular weight excluding hydrogens is 302 g/mol. The first kappa shape index (κ1) is 18.5. The van der Waals surface area contributed by atoms with Crippen LogP contribution in [0.25, 0.3) is 0 Å². The Balaban J connectivity index is 1.96. The molecular formula is C19H30N3O2+. The minimum atomic E-state index is -0.269. The zero-order chi connectivity index (χ0) is 17.5. The van der Waals surface area contributed by atoms with Crippen molar-refractivity contribution < 1.29 is 14.9 Å². The van der Waals surface area contributed by atoms with E-state index >= 15 is 0 Å². The quantitative estimate of drug-likeness (QED) is 0.763. The number of aryl methyl sites for hydroxylation is 1. The summed E-state index contributed by atoms with van der Waals surface area (Å²) in [4.78, 5) is 25.1. The normalized spacial score (nSPS) is 15.7.